The third kappa shape index (κ3) is 4.37. The molecule has 0 radical (unpaired) electrons. The molecule has 16 heavy (non-hydrogen) atoms. The summed E-state index contributed by atoms with van der Waals surface area (Å²) in [6.45, 7) is 11.0. The van der Waals surface area contributed by atoms with E-state index in [4.69, 9.17) is 15.5 Å². The van der Waals surface area contributed by atoms with E-state index >= 15 is 0 Å². The van der Waals surface area contributed by atoms with Crippen molar-refractivity contribution in [3.63, 3.8) is 0 Å². The molecule has 0 aliphatic heterocycles. The topological polar surface area (TPSA) is 64.8 Å². The lowest BCUT2D eigenvalue weighted by Crippen LogP contribution is -2.51. The van der Waals surface area contributed by atoms with Crippen LogP contribution in [0.5, 0.6) is 0 Å². The van der Waals surface area contributed by atoms with Gasteiger partial charge in [-0.3, -0.25) is 4.84 Å². The van der Waals surface area contributed by atoms with Crippen molar-refractivity contribution in [2.24, 2.45) is 5.90 Å². The molecular weight excluding hydrogens is 208 g/mol. The van der Waals surface area contributed by atoms with Gasteiger partial charge in [0.15, 0.2) is 0 Å². The highest BCUT2D eigenvalue weighted by Gasteiger charge is 2.33. The largest absolute Gasteiger partial charge is 0.444 e. The molecule has 0 aliphatic rings. The molecule has 96 valence electrons. The number of hydrogen-bond acceptors (Lipinski definition) is 4. The van der Waals surface area contributed by atoms with E-state index in [1.165, 1.54) is 4.90 Å². The van der Waals surface area contributed by atoms with E-state index in [0.29, 0.717) is 0 Å². The van der Waals surface area contributed by atoms with Crippen LogP contribution in [0.4, 0.5) is 4.79 Å². The Kier molecular flexibility index (Phi) is 4.76. The van der Waals surface area contributed by atoms with Gasteiger partial charge in [0.1, 0.15) is 11.2 Å². The Morgan fingerprint density at radius 1 is 1.25 bits per heavy atom. The van der Waals surface area contributed by atoms with Gasteiger partial charge in [-0.25, -0.2) is 10.7 Å². The number of ether oxygens (including phenoxy) is 1. The van der Waals surface area contributed by atoms with Crippen LogP contribution in [0.1, 0.15) is 41.5 Å². The quantitative estimate of drug-likeness (QED) is 0.755. The number of hydrogen-bond donors (Lipinski definition) is 1. The van der Waals surface area contributed by atoms with Crippen LogP contribution in [-0.2, 0) is 9.57 Å². The standard InChI is InChI=1S/C11H24N2O3/c1-8(11(5,6)16-12)13(7)9(14)15-10(2,3)4/h8H,12H2,1-7H3. The summed E-state index contributed by atoms with van der Waals surface area (Å²) in [7, 11) is 1.67. The summed E-state index contributed by atoms with van der Waals surface area (Å²) >= 11 is 0. The van der Waals surface area contributed by atoms with Crippen molar-refractivity contribution >= 4 is 6.09 Å². The van der Waals surface area contributed by atoms with E-state index in [9.17, 15) is 4.79 Å². The van der Waals surface area contributed by atoms with Crippen LogP contribution in [0.15, 0.2) is 0 Å². The molecule has 0 aromatic rings. The summed E-state index contributed by atoms with van der Waals surface area (Å²) in [5, 5.41) is 0. The number of rotatable bonds is 3. The molecule has 0 aromatic heterocycles. The maximum Gasteiger partial charge on any atom is 0.410 e. The molecule has 0 spiro atoms. The van der Waals surface area contributed by atoms with Crippen LogP contribution >= 0.6 is 0 Å². The predicted octanol–water partition coefficient (Wildman–Crippen LogP) is 1.91. The number of carbonyl (C=O) groups is 1. The molecule has 0 rings (SSSR count). The highest BCUT2D eigenvalue weighted by atomic mass is 16.6. The molecule has 1 unspecified atom stereocenters. The van der Waals surface area contributed by atoms with Gasteiger partial charge in [-0.2, -0.15) is 0 Å². The summed E-state index contributed by atoms with van der Waals surface area (Å²) in [6, 6.07) is -0.188. The number of likely N-dealkylation sites (N-methyl/N-ethyl adjacent to an activating group) is 1. The van der Waals surface area contributed by atoms with Gasteiger partial charge in [-0.1, -0.05) is 0 Å². The Balaban J connectivity index is 4.56. The minimum Gasteiger partial charge on any atom is -0.444 e. The van der Waals surface area contributed by atoms with Gasteiger partial charge in [0.2, 0.25) is 0 Å². The highest BCUT2D eigenvalue weighted by Crippen LogP contribution is 2.19. The maximum absolute atomic E-state index is 11.8. The van der Waals surface area contributed by atoms with Crippen LogP contribution in [0.3, 0.4) is 0 Å². The fraction of sp³-hybridized carbons (Fsp3) is 0.909. The first kappa shape index (κ1) is 15.2. The van der Waals surface area contributed by atoms with Gasteiger partial charge in [0.25, 0.3) is 0 Å². The predicted molar refractivity (Wildman–Crippen MR) is 62.8 cm³/mol. The second-order valence-electron chi connectivity index (χ2n) is 5.49. The van der Waals surface area contributed by atoms with Crippen LogP contribution < -0.4 is 5.90 Å². The van der Waals surface area contributed by atoms with Gasteiger partial charge >= 0.3 is 6.09 Å². The first-order valence-corrected chi connectivity index (χ1v) is 5.35. The normalized spacial score (nSPS) is 14.5. The summed E-state index contributed by atoms with van der Waals surface area (Å²) in [5.74, 6) is 5.19. The molecular formula is C11H24N2O3. The summed E-state index contributed by atoms with van der Waals surface area (Å²) < 4.78 is 5.25. The van der Waals surface area contributed by atoms with E-state index in [-0.39, 0.29) is 12.1 Å². The monoisotopic (exact) mass is 232 g/mol. The van der Waals surface area contributed by atoms with Crippen molar-refractivity contribution in [2.75, 3.05) is 7.05 Å². The molecule has 0 heterocycles. The third-order valence-electron chi connectivity index (χ3n) is 2.57. The van der Waals surface area contributed by atoms with Crippen LogP contribution in [0.25, 0.3) is 0 Å². The van der Waals surface area contributed by atoms with E-state index in [2.05, 4.69) is 0 Å². The molecule has 0 bridgehead atoms. The fourth-order valence-electron chi connectivity index (χ4n) is 1.06. The zero-order valence-corrected chi connectivity index (χ0v) is 11.3. The SMILES string of the molecule is CC(N(C)C(=O)OC(C)(C)C)C(C)(C)ON. The molecule has 0 aromatic carbocycles. The Morgan fingerprint density at radius 3 is 2.00 bits per heavy atom. The number of nitrogens with two attached hydrogens (primary N) is 1. The lowest BCUT2D eigenvalue weighted by atomic mass is 10.00. The van der Waals surface area contributed by atoms with Gasteiger partial charge in [-0.05, 0) is 41.5 Å². The lowest BCUT2D eigenvalue weighted by molar-refractivity contribution is -0.0734. The zero-order chi connectivity index (χ0) is 13.1. The molecule has 5 nitrogen and oxygen atoms in total. The molecule has 0 saturated heterocycles. The second kappa shape index (κ2) is 5.01. The van der Waals surface area contributed by atoms with E-state index in [0.717, 1.165) is 0 Å². The second-order valence-corrected chi connectivity index (χ2v) is 5.49. The Bertz CT molecular complexity index is 246. The molecule has 0 aliphatic carbocycles. The minimum absolute atomic E-state index is 0.188. The van der Waals surface area contributed by atoms with Gasteiger partial charge < -0.3 is 9.64 Å². The van der Waals surface area contributed by atoms with Crippen molar-refractivity contribution in [1.82, 2.24) is 4.90 Å². The van der Waals surface area contributed by atoms with Gasteiger partial charge in [-0.15, -0.1) is 0 Å². The summed E-state index contributed by atoms with van der Waals surface area (Å²) in [4.78, 5) is 18.1. The Hall–Kier alpha value is -0.810. The number of amides is 1. The minimum atomic E-state index is -0.619. The Labute approximate surface area is 97.8 Å². The first-order valence-electron chi connectivity index (χ1n) is 5.35. The number of nitrogens with zero attached hydrogens (tertiary/aromatic N) is 1. The van der Waals surface area contributed by atoms with Crippen LogP contribution in [-0.4, -0.2) is 35.3 Å². The third-order valence-corrected chi connectivity index (χ3v) is 2.57. The zero-order valence-electron chi connectivity index (χ0n) is 11.3. The van der Waals surface area contributed by atoms with Gasteiger partial charge in [0, 0.05) is 7.05 Å². The summed E-state index contributed by atoms with van der Waals surface area (Å²) in [6.07, 6.45) is -0.384. The first-order chi connectivity index (χ1) is 7.01. The average Bonchev–Trinajstić information content (AvgIpc) is 2.12. The van der Waals surface area contributed by atoms with Crippen LogP contribution in [0.2, 0.25) is 0 Å². The fourth-order valence-corrected chi connectivity index (χ4v) is 1.06. The highest BCUT2D eigenvalue weighted by molar-refractivity contribution is 5.68. The molecule has 5 heteroatoms. The number of carbonyl (C=O) groups excluding carboxylic acids is 1. The Morgan fingerprint density at radius 2 is 1.69 bits per heavy atom. The molecule has 0 fully saturated rings. The molecule has 2 N–H and O–H groups in total. The molecule has 1 atom stereocenters. The van der Waals surface area contributed by atoms with Crippen molar-refractivity contribution in [2.45, 2.75) is 58.8 Å². The molecule has 0 saturated carbocycles. The van der Waals surface area contributed by atoms with Crippen molar-refractivity contribution < 1.29 is 14.4 Å². The average molecular weight is 232 g/mol. The summed E-state index contributed by atoms with van der Waals surface area (Å²) in [5.41, 5.74) is -1.12. The van der Waals surface area contributed by atoms with E-state index < -0.39 is 11.2 Å². The lowest BCUT2D eigenvalue weighted by Gasteiger charge is -2.36. The molecule has 1 amide bonds. The van der Waals surface area contributed by atoms with E-state index in [1.807, 2.05) is 41.5 Å². The smallest absolute Gasteiger partial charge is 0.410 e. The van der Waals surface area contributed by atoms with Crippen molar-refractivity contribution in [1.29, 1.82) is 0 Å². The van der Waals surface area contributed by atoms with Crippen LogP contribution in [0, 0.1) is 0 Å². The van der Waals surface area contributed by atoms with Crippen molar-refractivity contribution in [3.05, 3.63) is 0 Å². The van der Waals surface area contributed by atoms with E-state index in [1.54, 1.807) is 7.05 Å². The maximum atomic E-state index is 11.8. The van der Waals surface area contributed by atoms with Crippen molar-refractivity contribution in [3.8, 4) is 0 Å². The van der Waals surface area contributed by atoms with Gasteiger partial charge in [0.05, 0.1) is 6.04 Å².